The van der Waals surface area contributed by atoms with Gasteiger partial charge in [-0.15, -0.1) is 0 Å². The summed E-state index contributed by atoms with van der Waals surface area (Å²) in [5.74, 6) is -0.0840. The van der Waals surface area contributed by atoms with E-state index in [1.54, 1.807) is 0 Å². The van der Waals surface area contributed by atoms with Crippen LogP contribution in [-0.2, 0) is 12.8 Å². The van der Waals surface area contributed by atoms with Crippen LogP contribution in [0.15, 0.2) is 28.3 Å². The molecule has 1 aromatic rings. The van der Waals surface area contributed by atoms with Crippen LogP contribution in [0, 0.1) is 5.82 Å². The zero-order chi connectivity index (χ0) is 10.8. The van der Waals surface area contributed by atoms with Gasteiger partial charge >= 0.3 is 0 Å². The Morgan fingerprint density at radius 2 is 2.20 bits per heavy atom. The predicted octanol–water partition coefficient (Wildman–Crippen LogP) is 4.41. The first kappa shape index (κ1) is 10.9. The molecule has 0 unspecified atom stereocenters. The number of benzene rings is 1. The van der Waals surface area contributed by atoms with Gasteiger partial charge < -0.3 is 0 Å². The average molecular weight is 269 g/mol. The molecule has 0 aliphatic heterocycles. The van der Waals surface area contributed by atoms with Crippen molar-refractivity contribution in [3.8, 4) is 0 Å². The number of halogens is 2. The molecule has 2 heteroatoms. The Morgan fingerprint density at radius 1 is 1.40 bits per heavy atom. The van der Waals surface area contributed by atoms with Crippen LogP contribution in [0.3, 0.4) is 0 Å². The summed E-state index contributed by atoms with van der Waals surface area (Å²) in [6.45, 7) is 2.18. The van der Waals surface area contributed by atoms with E-state index in [-0.39, 0.29) is 5.82 Å². The fourth-order valence-corrected chi connectivity index (χ4v) is 2.47. The van der Waals surface area contributed by atoms with Crippen LogP contribution in [0.1, 0.15) is 30.9 Å². The molecule has 0 saturated heterocycles. The van der Waals surface area contributed by atoms with E-state index in [4.69, 9.17) is 0 Å². The van der Waals surface area contributed by atoms with E-state index < -0.39 is 0 Å². The monoisotopic (exact) mass is 268 g/mol. The normalized spacial score (nSPS) is 14.7. The van der Waals surface area contributed by atoms with Crippen LogP contribution < -0.4 is 0 Å². The highest BCUT2D eigenvalue weighted by Crippen LogP contribution is 2.29. The van der Waals surface area contributed by atoms with Gasteiger partial charge in [-0.3, -0.25) is 0 Å². The molecule has 0 amide bonds. The largest absolute Gasteiger partial charge is 0.205 e. The van der Waals surface area contributed by atoms with Gasteiger partial charge in [0.25, 0.3) is 0 Å². The SMILES string of the molecule is CCCC1=CCc2c(ccc(Br)c2F)C1. The highest BCUT2D eigenvalue weighted by molar-refractivity contribution is 9.10. The van der Waals surface area contributed by atoms with Gasteiger partial charge in [-0.25, -0.2) is 4.39 Å². The van der Waals surface area contributed by atoms with Crippen molar-refractivity contribution < 1.29 is 4.39 Å². The van der Waals surface area contributed by atoms with E-state index >= 15 is 0 Å². The molecule has 0 aromatic heterocycles. The van der Waals surface area contributed by atoms with E-state index in [1.807, 2.05) is 12.1 Å². The molecule has 0 fully saturated rings. The van der Waals surface area contributed by atoms with Crippen molar-refractivity contribution in [2.45, 2.75) is 32.6 Å². The van der Waals surface area contributed by atoms with Crippen LogP contribution in [-0.4, -0.2) is 0 Å². The second-order valence-electron chi connectivity index (χ2n) is 3.99. The topological polar surface area (TPSA) is 0 Å². The Bertz CT molecular complexity index is 407. The molecule has 0 spiro atoms. The van der Waals surface area contributed by atoms with Crippen molar-refractivity contribution in [2.24, 2.45) is 0 Å². The van der Waals surface area contributed by atoms with E-state index in [1.165, 1.54) is 12.0 Å². The number of hydrogen-bond donors (Lipinski definition) is 0. The third-order valence-corrected chi connectivity index (χ3v) is 3.49. The molecule has 1 aliphatic rings. The van der Waals surface area contributed by atoms with E-state index in [0.29, 0.717) is 4.47 Å². The van der Waals surface area contributed by atoms with Crippen LogP contribution in [0.4, 0.5) is 4.39 Å². The molecular weight excluding hydrogens is 255 g/mol. The zero-order valence-electron chi connectivity index (χ0n) is 8.82. The first-order valence-electron chi connectivity index (χ1n) is 5.36. The molecule has 0 atom stereocenters. The smallest absolute Gasteiger partial charge is 0.141 e. The molecule has 2 rings (SSSR count). The van der Waals surface area contributed by atoms with Crippen molar-refractivity contribution in [1.29, 1.82) is 0 Å². The minimum absolute atomic E-state index is 0.0840. The lowest BCUT2D eigenvalue weighted by atomic mass is 9.89. The number of fused-ring (bicyclic) bond motifs is 1. The second kappa shape index (κ2) is 4.48. The minimum Gasteiger partial charge on any atom is -0.205 e. The molecule has 1 aromatic carbocycles. The molecule has 0 radical (unpaired) electrons. The Hall–Kier alpha value is -0.630. The van der Waals surface area contributed by atoms with Gasteiger partial charge in [0.2, 0.25) is 0 Å². The van der Waals surface area contributed by atoms with Crippen LogP contribution in [0.25, 0.3) is 0 Å². The second-order valence-corrected chi connectivity index (χ2v) is 4.85. The Balaban J connectivity index is 2.30. The average Bonchev–Trinajstić information content (AvgIpc) is 2.24. The van der Waals surface area contributed by atoms with Gasteiger partial charge in [0.05, 0.1) is 4.47 Å². The maximum Gasteiger partial charge on any atom is 0.141 e. The lowest BCUT2D eigenvalue weighted by Crippen LogP contribution is -2.06. The molecule has 0 N–H and O–H groups in total. The summed E-state index contributed by atoms with van der Waals surface area (Å²) in [7, 11) is 0. The Morgan fingerprint density at radius 3 is 2.93 bits per heavy atom. The summed E-state index contributed by atoms with van der Waals surface area (Å²) in [6, 6.07) is 3.84. The molecule has 0 bridgehead atoms. The van der Waals surface area contributed by atoms with Crippen LogP contribution in [0.5, 0.6) is 0 Å². The molecule has 0 heterocycles. The quantitative estimate of drug-likeness (QED) is 0.697. The van der Waals surface area contributed by atoms with Gasteiger partial charge in [-0.05, 0) is 52.4 Å². The van der Waals surface area contributed by atoms with E-state index in [9.17, 15) is 4.39 Å². The van der Waals surface area contributed by atoms with Crippen molar-refractivity contribution in [3.63, 3.8) is 0 Å². The van der Waals surface area contributed by atoms with Gasteiger partial charge in [-0.1, -0.05) is 31.1 Å². The third kappa shape index (κ3) is 2.15. The van der Waals surface area contributed by atoms with Gasteiger partial charge in [0.15, 0.2) is 0 Å². The van der Waals surface area contributed by atoms with Crippen LogP contribution >= 0.6 is 15.9 Å². The summed E-state index contributed by atoms with van der Waals surface area (Å²) in [4.78, 5) is 0. The fraction of sp³-hybridized carbons (Fsp3) is 0.385. The lowest BCUT2D eigenvalue weighted by Gasteiger charge is -2.17. The van der Waals surface area contributed by atoms with Gasteiger partial charge in [-0.2, -0.15) is 0 Å². The maximum absolute atomic E-state index is 13.7. The van der Waals surface area contributed by atoms with Crippen molar-refractivity contribution in [2.75, 3.05) is 0 Å². The van der Waals surface area contributed by atoms with Crippen molar-refractivity contribution in [3.05, 3.63) is 45.2 Å². The Kier molecular flexibility index (Phi) is 3.25. The third-order valence-electron chi connectivity index (χ3n) is 2.88. The minimum atomic E-state index is -0.0840. The Labute approximate surface area is 98.3 Å². The van der Waals surface area contributed by atoms with Crippen LogP contribution in [0.2, 0.25) is 0 Å². The highest BCUT2D eigenvalue weighted by Gasteiger charge is 2.15. The fourth-order valence-electron chi connectivity index (χ4n) is 2.09. The van der Waals surface area contributed by atoms with Crippen molar-refractivity contribution >= 4 is 15.9 Å². The zero-order valence-corrected chi connectivity index (χ0v) is 10.4. The molecule has 0 nitrogen and oxygen atoms in total. The maximum atomic E-state index is 13.7. The van der Waals surface area contributed by atoms with Gasteiger partial charge in [0.1, 0.15) is 5.82 Å². The molecule has 1 aliphatic carbocycles. The van der Waals surface area contributed by atoms with E-state index in [2.05, 4.69) is 28.9 Å². The number of hydrogen-bond acceptors (Lipinski definition) is 0. The number of rotatable bonds is 2. The summed E-state index contributed by atoms with van der Waals surface area (Å²) < 4.78 is 14.3. The summed E-state index contributed by atoms with van der Waals surface area (Å²) in [5, 5.41) is 0. The van der Waals surface area contributed by atoms with E-state index in [0.717, 1.165) is 30.4 Å². The molecular formula is C13H14BrF. The first-order valence-corrected chi connectivity index (χ1v) is 6.15. The summed E-state index contributed by atoms with van der Waals surface area (Å²) in [5.41, 5.74) is 3.47. The predicted molar refractivity (Wildman–Crippen MR) is 64.5 cm³/mol. The standard InChI is InChI=1S/C13H14BrF/c1-2-3-9-4-6-11-10(8-9)5-7-12(14)13(11)15/h4-5,7H,2-3,6,8H2,1H3. The molecule has 80 valence electrons. The van der Waals surface area contributed by atoms with Crippen molar-refractivity contribution in [1.82, 2.24) is 0 Å². The molecule has 15 heavy (non-hydrogen) atoms. The molecule has 0 saturated carbocycles. The highest BCUT2D eigenvalue weighted by atomic mass is 79.9. The first-order chi connectivity index (χ1) is 7.22. The van der Waals surface area contributed by atoms with Gasteiger partial charge in [0, 0.05) is 0 Å². The lowest BCUT2D eigenvalue weighted by molar-refractivity contribution is 0.602. The number of allylic oxidation sites excluding steroid dienone is 2. The summed E-state index contributed by atoms with van der Waals surface area (Å²) >= 11 is 3.22. The summed E-state index contributed by atoms with van der Waals surface area (Å²) in [6.07, 6.45) is 6.15.